The Labute approximate surface area is 48.1 Å². The lowest BCUT2D eigenvalue weighted by Gasteiger charge is -2.01. The third-order valence-corrected chi connectivity index (χ3v) is 0.575. The highest BCUT2D eigenvalue weighted by Crippen LogP contribution is 1.82. The standard InChI is InChI=1S/C2H4O5S/c1-6-2(3)7-8(4)5/h1H3,(H,4,5)/p-1. The zero-order valence-corrected chi connectivity index (χ0v) is 4.77. The molecular formula is C2H3O5S-. The second-order valence-corrected chi connectivity index (χ2v) is 1.32. The number of rotatable bonds is 1. The number of methoxy groups -OCH3 is 1. The molecule has 8 heavy (non-hydrogen) atoms. The molecule has 0 amide bonds. The van der Waals surface area contributed by atoms with Gasteiger partial charge in [-0.2, -0.15) is 0 Å². The van der Waals surface area contributed by atoms with Gasteiger partial charge in [-0.3, -0.25) is 0 Å². The Kier molecular flexibility index (Phi) is 3.13. The molecule has 0 heterocycles. The van der Waals surface area contributed by atoms with Crippen LogP contribution in [0.15, 0.2) is 0 Å². The van der Waals surface area contributed by atoms with E-state index in [2.05, 4.69) is 8.92 Å². The van der Waals surface area contributed by atoms with Crippen molar-refractivity contribution in [1.82, 2.24) is 0 Å². The molecule has 0 spiro atoms. The summed E-state index contributed by atoms with van der Waals surface area (Å²) >= 11 is -2.82. The van der Waals surface area contributed by atoms with Crippen molar-refractivity contribution in [3.63, 3.8) is 0 Å². The Morgan fingerprint density at radius 2 is 2.25 bits per heavy atom. The van der Waals surface area contributed by atoms with E-state index in [1.807, 2.05) is 0 Å². The van der Waals surface area contributed by atoms with Crippen LogP contribution in [-0.4, -0.2) is 22.0 Å². The van der Waals surface area contributed by atoms with Crippen molar-refractivity contribution in [3.05, 3.63) is 0 Å². The highest BCUT2D eigenvalue weighted by molar-refractivity contribution is 7.74. The second kappa shape index (κ2) is 3.39. The minimum Gasteiger partial charge on any atom is -0.740 e. The van der Waals surface area contributed by atoms with Crippen molar-refractivity contribution in [2.45, 2.75) is 0 Å². The SMILES string of the molecule is COC(=O)OS(=O)[O-]. The van der Waals surface area contributed by atoms with E-state index in [9.17, 15) is 13.6 Å². The largest absolute Gasteiger partial charge is 0.740 e. The first-order valence-electron chi connectivity index (χ1n) is 1.52. The Morgan fingerprint density at radius 3 is 2.38 bits per heavy atom. The van der Waals surface area contributed by atoms with Gasteiger partial charge in [0.05, 0.1) is 7.11 Å². The number of carbonyl (C=O) groups is 1. The van der Waals surface area contributed by atoms with E-state index in [-0.39, 0.29) is 0 Å². The van der Waals surface area contributed by atoms with Gasteiger partial charge in [0.1, 0.15) is 11.4 Å². The number of hydrogen-bond donors (Lipinski definition) is 0. The van der Waals surface area contributed by atoms with Gasteiger partial charge in [-0.25, -0.2) is 9.00 Å². The summed E-state index contributed by atoms with van der Waals surface area (Å²) in [6, 6.07) is 0. The fraction of sp³-hybridized carbons (Fsp3) is 0.500. The maximum Gasteiger partial charge on any atom is 0.521 e. The molecular weight excluding hydrogens is 136 g/mol. The molecule has 0 fully saturated rings. The Morgan fingerprint density at radius 1 is 1.75 bits per heavy atom. The van der Waals surface area contributed by atoms with Crippen molar-refractivity contribution in [3.8, 4) is 0 Å². The minimum absolute atomic E-state index is 1.01. The van der Waals surface area contributed by atoms with E-state index < -0.39 is 17.5 Å². The van der Waals surface area contributed by atoms with Crippen LogP contribution in [-0.2, 0) is 20.3 Å². The van der Waals surface area contributed by atoms with Crippen molar-refractivity contribution in [1.29, 1.82) is 0 Å². The van der Waals surface area contributed by atoms with E-state index in [1.54, 1.807) is 0 Å². The lowest BCUT2D eigenvalue weighted by atomic mass is 11.4. The molecule has 0 aromatic rings. The maximum absolute atomic E-state index is 9.78. The first-order valence-corrected chi connectivity index (χ1v) is 2.52. The van der Waals surface area contributed by atoms with E-state index in [1.165, 1.54) is 0 Å². The van der Waals surface area contributed by atoms with Gasteiger partial charge in [-0.15, -0.1) is 0 Å². The van der Waals surface area contributed by atoms with Crippen molar-refractivity contribution < 1.29 is 22.5 Å². The Balaban J connectivity index is 3.40. The third-order valence-electron chi connectivity index (χ3n) is 0.303. The Hall–Kier alpha value is -0.620. The van der Waals surface area contributed by atoms with E-state index in [4.69, 9.17) is 0 Å². The number of ether oxygens (including phenoxy) is 1. The van der Waals surface area contributed by atoms with Crippen LogP contribution in [0.3, 0.4) is 0 Å². The van der Waals surface area contributed by atoms with Gasteiger partial charge in [0, 0.05) is 0 Å². The van der Waals surface area contributed by atoms with Crippen LogP contribution in [0, 0.1) is 0 Å². The monoisotopic (exact) mass is 139 g/mol. The van der Waals surface area contributed by atoms with Crippen LogP contribution in [0.4, 0.5) is 4.79 Å². The molecule has 1 unspecified atom stereocenters. The van der Waals surface area contributed by atoms with Gasteiger partial charge in [0.2, 0.25) is 0 Å². The number of hydrogen-bond acceptors (Lipinski definition) is 5. The molecule has 0 aliphatic rings. The van der Waals surface area contributed by atoms with Crippen LogP contribution in [0.1, 0.15) is 0 Å². The lowest BCUT2D eigenvalue weighted by Crippen LogP contribution is -2.05. The second-order valence-electron chi connectivity index (χ2n) is 0.742. The molecule has 0 radical (unpaired) electrons. The molecule has 0 aromatic heterocycles. The van der Waals surface area contributed by atoms with Crippen molar-refractivity contribution >= 4 is 17.5 Å². The fourth-order valence-corrected chi connectivity index (χ4v) is 0.269. The average Bonchev–Trinajstić information content (AvgIpc) is 1.65. The van der Waals surface area contributed by atoms with Gasteiger partial charge in [0.25, 0.3) is 0 Å². The predicted molar refractivity (Wildman–Crippen MR) is 22.4 cm³/mol. The lowest BCUT2D eigenvalue weighted by molar-refractivity contribution is 0.122. The van der Waals surface area contributed by atoms with Crippen LogP contribution in [0.5, 0.6) is 0 Å². The highest BCUT2D eigenvalue weighted by Gasteiger charge is 1.97. The molecule has 6 heteroatoms. The fourth-order valence-electron chi connectivity index (χ4n) is 0.0896. The first kappa shape index (κ1) is 7.38. The summed E-state index contributed by atoms with van der Waals surface area (Å²) in [4.78, 5) is 9.78. The summed E-state index contributed by atoms with van der Waals surface area (Å²) in [6.45, 7) is 0. The summed E-state index contributed by atoms with van der Waals surface area (Å²) in [7, 11) is 1.01. The van der Waals surface area contributed by atoms with Crippen molar-refractivity contribution in [2.75, 3.05) is 7.11 Å². The molecule has 0 aromatic carbocycles. The summed E-state index contributed by atoms with van der Waals surface area (Å²) in [6.07, 6.45) is -1.24. The summed E-state index contributed by atoms with van der Waals surface area (Å²) in [5.74, 6) is 0. The average molecular weight is 139 g/mol. The molecule has 0 aliphatic heterocycles. The van der Waals surface area contributed by atoms with E-state index in [0.717, 1.165) is 7.11 Å². The summed E-state index contributed by atoms with van der Waals surface area (Å²) in [5.41, 5.74) is 0. The maximum atomic E-state index is 9.78. The molecule has 1 atom stereocenters. The van der Waals surface area contributed by atoms with Crippen LogP contribution in [0.25, 0.3) is 0 Å². The molecule has 0 rings (SSSR count). The third kappa shape index (κ3) is 3.57. The van der Waals surface area contributed by atoms with Crippen LogP contribution in [0.2, 0.25) is 0 Å². The minimum atomic E-state index is -2.82. The van der Waals surface area contributed by atoms with Gasteiger partial charge in [-0.1, -0.05) is 0 Å². The topological polar surface area (TPSA) is 75.7 Å². The normalized spacial score (nSPS) is 12.2. The zero-order valence-electron chi connectivity index (χ0n) is 3.95. The van der Waals surface area contributed by atoms with Gasteiger partial charge >= 0.3 is 6.16 Å². The Bertz CT molecular complexity index is 109. The quantitative estimate of drug-likeness (QED) is 0.363. The van der Waals surface area contributed by atoms with Gasteiger partial charge in [0.15, 0.2) is 0 Å². The molecule has 5 nitrogen and oxygen atoms in total. The molecule has 0 aliphatic carbocycles. The smallest absolute Gasteiger partial charge is 0.521 e. The molecule has 0 saturated heterocycles. The summed E-state index contributed by atoms with van der Waals surface area (Å²) < 4.78 is 26.2. The van der Waals surface area contributed by atoms with Crippen LogP contribution < -0.4 is 0 Å². The molecule has 0 bridgehead atoms. The molecule has 0 N–H and O–H groups in total. The summed E-state index contributed by atoms with van der Waals surface area (Å²) in [5, 5.41) is 0. The number of carbonyl (C=O) groups excluding carboxylic acids is 1. The highest BCUT2D eigenvalue weighted by atomic mass is 32.2. The van der Waals surface area contributed by atoms with E-state index >= 15 is 0 Å². The predicted octanol–water partition coefficient (Wildman–Crippen LogP) is -0.436. The van der Waals surface area contributed by atoms with Gasteiger partial charge in [-0.05, 0) is 0 Å². The first-order chi connectivity index (χ1) is 3.66. The van der Waals surface area contributed by atoms with Crippen molar-refractivity contribution in [2.24, 2.45) is 0 Å². The van der Waals surface area contributed by atoms with Crippen LogP contribution >= 0.6 is 0 Å². The van der Waals surface area contributed by atoms with E-state index in [0.29, 0.717) is 0 Å². The van der Waals surface area contributed by atoms with Gasteiger partial charge < -0.3 is 13.5 Å². The molecule has 48 valence electrons. The zero-order chi connectivity index (χ0) is 6.57. The molecule has 0 saturated carbocycles.